The Morgan fingerprint density at radius 1 is 1.27 bits per heavy atom. The minimum Gasteiger partial charge on any atom is -0.0843 e. The van der Waals surface area contributed by atoms with Crippen LogP contribution in [-0.2, 0) is 0 Å². The molecule has 0 amide bonds. The first-order chi connectivity index (χ1) is 5.09. The summed E-state index contributed by atoms with van der Waals surface area (Å²) in [5, 5.41) is 0.774. The van der Waals surface area contributed by atoms with E-state index in [2.05, 4.69) is 35.8 Å². The molecule has 0 nitrogen and oxygen atoms in total. The molecule has 59 valence electrons. The van der Waals surface area contributed by atoms with Gasteiger partial charge >= 0.3 is 0 Å². The summed E-state index contributed by atoms with van der Waals surface area (Å²) in [7, 11) is 0. The lowest BCUT2D eigenvalue weighted by Gasteiger charge is -2.05. The SMILES string of the molecule is C[C](C)c1cc(Cl)cc(Br)c1. The van der Waals surface area contributed by atoms with Crippen molar-refractivity contribution in [3.05, 3.63) is 39.2 Å². The number of hydrogen-bond donors (Lipinski definition) is 0. The van der Waals surface area contributed by atoms with Gasteiger partial charge in [-0.1, -0.05) is 41.4 Å². The van der Waals surface area contributed by atoms with E-state index in [0.29, 0.717) is 0 Å². The maximum absolute atomic E-state index is 5.85. The second kappa shape index (κ2) is 3.59. The fraction of sp³-hybridized carbons (Fsp3) is 0.222. The molecule has 0 saturated carbocycles. The predicted molar refractivity (Wildman–Crippen MR) is 52.8 cm³/mol. The average Bonchev–Trinajstić information content (AvgIpc) is 1.85. The van der Waals surface area contributed by atoms with Crippen molar-refractivity contribution < 1.29 is 0 Å². The van der Waals surface area contributed by atoms with Crippen molar-refractivity contribution in [1.29, 1.82) is 0 Å². The van der Waals surface area contributed by atoms with Crippen LogP contribution in [0.15, 0.2) is 22.7 Å². The fourth-order valence-corrected chi connectivity index (χ4v) is 1.70. The summed E-state index contributed by atoms with van der Waals surface area (Å²) in [6.45, 7) is 4.14. The summed E-state index contributed by atoms with van der Waals surface area (Å²) in [4.78, 5) is 0. The Kier molecular flexibility index (Phi) is 2.97. The van der Waals surface area contributed by atoms with Crippen LogP contribution in [-0.4, -0.2) is 0 Å². The molecular weight excluding hydrogens is 223 g/mol. The molecule has 0 spiro atoms. The van der Waals surface area contributed by atoms with Crippen molar-refractivity contribution in [3.63, 3.8) is 0 Å². The Balaban J connectivity index is 3.08. The molecule has 0 aromatic heterocycles. The monoisotopic (exact) mass is 231 g/mol. The van der Waals surface area contributed by atoms with Crippen molar-refractivity contribution in [2.24, 2.45) is 0 Å². The highest BCUT2D eigenvalue weighted by Crippen LogP contribution is 2.23. The molecule has 2 heteroatoms. The minimum atomic E-state index is 0.774. The standard InChI is InChI=1S/C9H9BrCl/c1-6(2)7-3-8(10)5-9(11)4-7/h3-5H,1-2H3. The van der Waals surface area contributed by atoms with Crippen LogP contribution in [0.25, 0.3) is 0 Å². The molecular formula is C9H9BrCl. The van der Waals surface area contributed by atoms with Crippen LogP contribution in [0.3, 0.4) is 0 Å². The average molecular weight is 233 g/mol. The van der Waals surface area contributed by atoms with Crippen LogP contribution in [0.1, 0.15) is 19.4 Å². The second-order valence-corrected chi connectivity index (χ2v) is 4.01. The lowest BCUT2D eigenvalue weighted by Crippen LogP contribution is -1.87. The first kappa shape index (κ1) is 9.08. The zero-order valence-corrected chi connectivity index (χ0v) is 8.83. The minimum absolute atomic E-state index is 0.774. The molecule has 0 unspecified atom stereocenters. The van der Waals surface area contributed by atoms with Crippen LogP contribution in [0.5, 0.6) is 0 Å². The van der Waals surface area contributed by atoms with Gasteiger partial charge in [-0.2, -0.15) is 0 Å². The first-order valence-electron chi connectivity index (χ1n) is 3.36. The van der Waals surface area contributed by atoms with Gasteiger partial charge in [-0.05, 0) is 29.7 Å². The Hall–Kier alpha value is -0.0100. The van der Waals surface area contributed by atoms with Crippen LogP contribution in [0.4, 0.5) is 0 Å². The number of hydrogen-bond acceptors (Lipinski definition) is 0. The van der Waals surface area contributed by atoms with Gasteiger partial charge in [0, 0.05) is 9.50 Å². The van der Waals surface area contributed by atoms with Crippen molar-refractivity contribution >= 4 is 27.5 Å². The van der Waals surface area contributed by atoms with Gasteiger partial charge in [0.05, 0.1) is 0 Å². The molecule has 0 bridgehead atoms. The molecule has 1 radical (unpaired) electrons. The van der Waals surface area contributed by atoms with Crippen molar-refractivity contribution in [3.8, 4) is 0 Å². The van der Waals surface area contributed by atoms with Crippen molar-refractivity contribution in [2.75, 3.05) is 0 Å². The molecule has 0 aliphatic rings. The molecule has 1 aromatic carbocycles. The van der Waals surface area contributed by atoms with Crippen LogP contribution in [0.2, 0.25) is 5.02 Å². The smallest absolute Gasteiger partial charge is 0.0420 e. The summed E-state index contributed by atoms with van der Waals surface area (Å²) in [5.41, 5.74) is 1.18. The largest absolute Gasteiger partial charge is 0.0843 e. The molecule has 11 heavy (non-hydrogen) atoms. The summed E-state index contributed by atoms with van der Waals surface area (Å²) in [6.07, 6.45) is 0. The summed E-state index contributed by atoms with van der Waals surface area (Å²) >= 11 is 9.23. The fourth-order valence-electron chi connectivity index (χ4n) is 0.843. The highest BCUT2D eigenvalue weighted by molar-refractivity contribution is 9.10. The molecule has 0 saturated heterocycles. The lowest BCUT2D eigenvalue weighted by molar-refractivity contribution is 1.15. The zero-order chi connectivity index (χ0) is 8.43. The van der Waals surface area contributed by atoms with Gasteiger partial charge in [-0.3, -0.25) is 0 Å². The van der Waals surface area contributed by atoms with Crippen molar-refractivity contribution in [2.45, 2.75) is 13.8 Å². The molecule has 1 aromatic rings. The van der Waals surface area contributed by atoms with Gasteiger partial charge < -0.3 is 0 Å². The second-order valence-electron chi connectivity index (χ2n) is 2.66. The van der Waals surface area contributed by atoms with Crippen LogP contribution < -0.4 is 0 Å². The quantitative estimate of drug-likeness (QED) is 0.685. The van der Waals surface area contributed by atoms with E-state index in [-0.39, 0.29) is 0 Å². The normalized spacial score (nSPS) is 10.6. The van der Waals surface area contributed by atoms with Crippen molar-refractivity contribution in [1.82, 2.24) is 0 Å². The summed E-state index contributed by atoms with van der Waals surface area (Å²) < 4.78 is 1.03. The zero-order valence-electron chi connectivity index (χ0n) is 6.49. The molecule has 0 fully saturated rings. The molecule has 0 N–H and O–H groups in total. The number of rotatable bonds is 1. The van der Waals surface area contributed by atoms with E-state index in [1.165, 1.54) is 11.5 Å². The van der Waals surface area contributed by atoms with E-state index >= 15 is 0 Å². The molecule has 1 rings (SSSR count). The number of halogens is 2. The lowest BCUT2D eigenvalue weighted by atomic mass is 10.0. The molecule has 0 atom stereocenters. The van der Waals surface area contributed by atoms with Gasteiger partial charge in [-0.25, -0.2) is 0 Å². The Morgan fingerprint density at radius 3 is 2.36 bits per heavy atom. The van der Waals surface area contributed by atoms with Gasteiger partial charge in [0.2, 0.25) is 0 Å². The maximum atomic E-state index is 5.85. The highest BCUT2D eigenvalue weighted by Gasteiger charge is 2.01. The predicted octanol–water partition coefficient (Wildman–Crippen LogP) is 4.06. The summed E-state index contributed by atoms with van der Waals surface area (Å²) in [5.74, 6) is 1.27. The third-order valence-corrected chi connectivity index (χ3v) is 2.12. The van der Waals surface area contributed by atoms with E-state index in [1.54, 1.807) is 0 Å². The topological polar surface area (TPSA) is 0 Å². The summed E-state index contributed by atoms with van der Waals surface area (Å²) in [6, 6.07) is 5.90. The van der Waals surface area contributed by atoms with Gasteiger partial charge in [0.1, 0.15) is 0 Å². The maximum Gasteiger partial charge on any atom is 0.0420 e. The van der Waals surface area contributed by atoms with E-state index < -0.39 is 0 Å². The van der Waals surface area contributed by atoms with E-state index in [1.807, 2.05) is 12.1 Å². The van der Waals surface area contributed by atoms with E-state index in [4.69, 9.17) is 11.6 Å². The molecule has 0 heterocycles. The highest BCUT2D eigenvalue weighted by atomic mass is 79.9. The Morgan fingerprint density at radius 2 is 1.91 bits per heavy atom. The van der Waals surface area contributed by atoms with Gasteiger partial charge in [-0.15, -0.1) is 0 Å². The third-order valence-electron chi connectivity index (χ3n) is 1.44. The van der Waals surface area contributed by atoms with Gasteiger partial charge in [0.15, 0.2) is 0 Å². The Bertz CT molecular complexity index is 235. The number of benzene rings is 1. The third kappa shape index (κ3) is 2.49. The van der Waals surface area contributed by atoms with E-state index in [0.717, 1.165) is 9.50 Å². The van der Waals surface area contributed by atoms with Gasteiger partial charge in [0.25, 0.3) is 0 Å². The molecule has 0 aliphatic carbocycles. The molecule has 0 aliphatic heterocycles. The van der Waals surface area contributed by atoms with Crippen LogP contribution in [0, 0.1) is 5.92 Å². The van der Waals surface area contributed by atoms with Crippen LogP contribution >= 0.6 is 27.5 Å². The van der Waals surface area contributed by atoms with E-state index in [9.17, 15) is 0 Å². The Labute approximate surface area is 80.7 Å². The first-order valence-corrected chi connectivity index (χ1v) is 4.53.